The average molecular weight is 242 g/mol. The fourth-order valence-electron chi connectivity index (χ4n) is 2.60. The van der Waals surface area contributed by atoms with Crippen LogP contribution in [0.2, 0.25) is 0 Å². The minimum atomic E-state index is -0.734. The summed E-state index contributed by atoms with van der Waals surface area (Å²) >= 11 is 0. The van der Waals surface area contributed by atoms with Crippen molar-refractivity contribution < 1.29 is 9.90 Å². The summed E-state index contributed by atoms with van der Waals surface area (Å²) in [6.45, 7) is 4.01. The topological polar surface area (TPSA) is 37.3 Å². The van der Waals surface area contributed by atoms with Crippen molar-refractivity contribution in [2.45, 2.75) is 32.6 Å². The Balaban J connectivity index is 2.67. The third kappa shape index (κ3) is 2.10. The van der Waals surface area contributed by atoms with Crippen LogP contribution in [0, 0.1) is 0 Å². The van der Waals surface area contributed by atoms with Crippen LogP contribution in [0.4, 0.5) is 0 Å². The number of carbonyl (C=O) groups is 1. The van der Waals surface area contributed by atoms with E-state index in [1.807, 2.05) is 31.2 Å². The van der Waals surface area contributed by atoms with Gasteiger partial charge >= 0.3 is 5.97 Å². The van der Waals surface area contributed by atoms with E-state index in [2.05, 4.69) is 19.1 Å². The number of aryl methyl sites for hydroxylation is 1. The summed E-state index contributed by atoms with van der Waals surface area (Å²) in [5, 5.41) is 11.7. The first-order valence-corrected chi connectivity index (χ1v) is 6.42. The highest BCUT2D eigenvalue weighted by molar-refractivity contribution is 5.89. The number of hydrogen-bond donors (Lipinski definition) is 1. The van der Waals surface area contributed by atoms with Gasteiger partial charge in [0.05, 0.1) is 5.92 Å². The Morgan fingerprint density at radius 1 is 1.17 bits per heavy atom. The predicted molar refractivity (Wildman–Crippen MR) is 74.0 cm³/mol. The van der Waals surface area contributed by atoms with Gasteiger partial charge in [-0.1, -0.05) is 50.2 Å². The predicted octanol–water partition coefficient (Wildman–Crippen LogP) is 3.98. The van der Waals surface area contributed by atoms with Crippen LogP contribution in [0.25, 0.3) is 10.8 Å². The molecule has 0 aliphatic carbocycles. The van der Waals surface area contributed by atoms with E-state index in [0.29, 0.717) is 6.42 Å². The van der Waals surface area contributed by atoms with Crippen LogP contribution in [-0.2, 0) is 11.2 Å². The van der Waals surface area contributed by atoms with E-state index >= 15 is 0 Å². The zero-order valence-corrected chi connectivity index (χ0v) is 10.8. The van der Waals surface area contributed by atoms with Crippen molar-refractivity contribution in [3.05, 3.63) is 47.5 Å². The Kier molecular flexibility index (Phi) is 3.66. The highest BCUT2D eigenvalue weighted by atomic mass is 16.4. The molecule has 2 rings (SSSR count). The van der Waals surface area contributed by atoms with Crippen molar-refractivity contribution in [2.24, 2.45) is 0 Å². The number of hydrogen-bond acceptors (Lipinski definition) is 1. The van der Waals surface area contributed by atoms with Crippen molar-refractivity contribution in [3.63, 3.8) is 0 Å². The normalized spacial score (nSPS) is 12.6. The molecule has 0 bridgehead atoms. The van der Waals surface area contributed by atoms with Gasteiger partial charge in [0.25, 0.3) is 0 Å². The van der Waals surface area contributed by atoms with Gasteiger partial charge in [0.15, 0.2) is 0 Å². The van der Waals surface area contributed by atoms with Crippen molar-refractivity contribution >= 4 is 16.7 Å². The number of fused-ring (bicyclic) bond motifs is 1. The van der Waals surface area contributed by atoms with Gasteiger partial charge in [-0.2, -0.15) is 0 Å². The van der Waals surface area contributed by atoms with E-state index in [0.717, 1.165) is 12.0 Å². The number of carboxylic acids is 1. The molecule has 2 heteroatoms. The molecule has 2 aromatic carbocycles. The molecule has 0 radical (unpaired) electrons. The SMILES string of the molecule is CCc1c(C(CC)C(=O)O)ccc2ccccc12. The van der Waals surface area contributed by atoms with E-state index in [-0.39, 0.29) is 0 Å². The second kappa shape index (κ2) is 5.21. The van der Waals surface area contributed by atoms with Gasteiger partial charge in [0, 0.05) is 0 Å². The largest absolute Gasteiger partial charge is 0.481 e. The quantitative estimate of drug-likeness (QED) is 0.880. The maximum atomic E-state index is 11.3. The molecule has 0 aromatic heterocycles. The van der Waals surface area contributed by atoms with Crippen LogP contribution < -0.4 is 0 Å². The Bertz CT molecular complexity index is 572. The molecule has 94 valence electrons. The zero-order valence-electron chi connectivity index (χ0n) is 10.8. The molecular weight excluding hydrogens is 224 g/mol. The standard InChI is InChI=1S/C16H18O2/c1-3-12-14-8-6-5-7-11(14)9-10-15(12)13(4-2)16(17)18/h5-10,13H,3-4H2,1-2H3,(H,17,18). The van der Waals surface area contributed by atoms with E-state index < -0.39 is 11.9 Å². The Morgan fingerprint density at radius 3 is 2.50 bits per heavy atom. The van der Waals surface area contributed by atoms with Crippen molar-refractivity contribution in [2.75, 3.05) is 0 Å². The molecule has 1 unspecified atom stereocenters. The lowest BCUT2D eigenvalue weighted by Gasteiger charge is -2.16. The third-order valence-corrected chi connectivity index (χ3v) is 3.51. The highest BCUT2D eigenvalue weighted by Crippen LogP contribution is 2.30. The molecule has 0 saturated carbocycles. The summed E-state index contributed by atoms with van der Waals surface area (Å²) in [4.78, 5) is 11.3. The van der Waals surface area contributed by atoms with Gasteiger partial charge in [0.1, 0.15) is 0 Å². The third-order valence-electron chi connectivity index (χ3n) is 3.51. The smallest absolute Gasteiger partial charge is 0.310 e. The summed E-state index contributed by atoms with van der Waals surface area (Å²) in [6, 6.07) is 12.2. The summed E-state index contributed by atoms with van der Waals surface area (Å²) in [7, 11) is 0. The minimum Gasteiger partial charge on any atom is -0.481 e. The molecule has 1 N–H and O–H groups in total. The fourth-order valence-corrected chi connectivity index (χ4v) is 2.60. The first-order valence-electron chi connectivity index (χ1n) is 6.42. The monoisotopic (exact) mass is 242 g/mol. The number of rotatable bonds is 4. The Hall–Kier alpha value is -1.83. The lowest BCUT2D eigenvalue weighted by molar-refractivity contribution is -0.138. The maximum Gasteiger partial charge on any atom is 0.310 e. The van der Waals surface area contributed by atoms with E-state index in [9.17, 15) is 9.90 Å². The Morgan fingerprint density at radius 2 is 1.89 bits per heavy atom. The van der Waals surface area contributed by atoms with Gasteiger partial charge in [-0.25, -0.2) is 0 Å². The lowest BCUT2D eigenvalue weighted by Crippen LogP contribution is -2.12. The molecule has 0 fully saturated rings. The van der Waals surface area contributed by atoms with Crippen molar-refractivity contribution in [1.29, 1.82) is 0 Å². The summed E-state index contributed by atoms with van der Waals surface area (Å²) in [5.74, 6) is -1.13. The van der Waals surface area contributed by atoms with Gasteiger partial charge in [0.2, 0.25) is 0 Å². The van der Waals surface area contributed by atoms with Crippen molar-refractivity contribution in [3.8, 4) is 0 Å². The molecule has 0 heterocycles. The van der Waals surface area contributed by atoms with Crippen LogP contribution in [0.15, 0.2) is 36.4 Å². The zero-order chi connectivity index (χ0) is 13.1. The molecule has 18 heavy (non-hydrogen) atoms. The second-order valence-corrected chi connectivity index (χ2v) is 4.51. The van der Waals surface area contributed by atoms with Gasteiger partial charge < -0.3 is 5.11 Å². The molecule has 2 aromatic rings. The summed E-state index contributed by atoms with van der Waals surface area (Å²) in [5.41, 5.74) is 2.13. The Labute approximate surface area is 107 Å². The summed E-state index contributed by atoms with van der Waals surface area (Å²) in [6.07, 6.45) is 1.49. The van der Waals surface area contributed by atoms with Crippen LogP contribution in [0.1, 0.15) is 37.3 Å². The lowest BCUT2D eigenvalue weighted by atomic mass is 9.88. The van der Waals surface area contributed by atoms with Gasteiger partial charge in [-0.3, -0.25) is 4.79 Å². The first kappa shape index (κ1) is 12.6. The molecule has 0 aliphatic rings. The van der Waals surface area contributed by atoms with Crippen LogP contribution >= 0.6 is 0 Å². The van der Waals surface area contributed by atoms with E-state index in [1.54, 1.807) is 0 Å². The van der Waals surface area contributed by atoms with Crippen molar-refractivity contribution in [1.82, 2.24) is 0 Å². The first-order chi connectivity index (χ1) is 8.69. The average Bonchev–Trinajstić information content (AvgIpc) is 2.38. The van der Waals surface area contributed by atoms with E-state index in [4.69, 9.17) is 0 Å². The maximum absolute atomic E-state index is 11.3. The number of benzene rings is 2. The van der Waals surface area contributed by atoms with Gasteiger partial charge in [-0.15, -0.1) is 0 Å². The molecule has 0 spiro atoms. The van der Waals surface area contributed by atoms with E-state index in [1.165, 1.54) is 16.3 Å². The molecule has 1 atom stereocenters. The van der Waals surface area contributed by atoms with Crippen LogP contribution in [0.5, 0.6) is 0 Å². The molecule has 0 amide bonds. The fraction of sp³-hybridized carbons (Fsp3) is 0.312. The van der Waals surface area contributed by atoms with Gasteiger partial charge in [-0.05, 0) is 34.7 Å². The summed E-state index contributed by atoms with van der Waals surface area (Å²) < 4.78 is 0. The molecule has 2 nitrogen and oxygen atoms in total. The molecule has 0 aliphatic heterocycles. The highest BCUT2D eigenvalue weighted by Gasteiger charge is 2.21. The molecular formula is C16H18O2. The number of carboxylic acid groups (broad SMARTS) is 1. The van der Waals surface area contributed by atoms with Crippen LogP contribution in [-0.4, -0.2) is 11.1 Å². The minimum absolute atomic E-state index is 0.399. The number of aliphatic carboxylic acids is 1. The van der Waals surface area contributed by atoms with Crippen LogP contribution in [0.3, 0.4) is 0 Å². The second-order valence-electron chi connectivity index (χ2n) is 4.51. The molecule has 0 saturated heterocycles.